The minimum absolute atomic E-state index is 0.108. The molecule has 0 unspecified atom stereocenters. The van der Waals surface area contributed by atoms with E-state index in [1.54, 1.807) is 6.92 Å². The monoisotopic (exact) mass is 280 g/mol. The second-order valence-electron chi connectivity index (χ2n) is 3.24. The van der Waals surface area contributed by atoms with Gasteiger partial charge in [-0.15, -0.1) is 0 Å². The summed E-state index contributed by atoms with van der Waals surface area (Å²) >= 11 is 0. The molecule has 0 aromatic heterocycles. The summed E-state index contributed by atoms with van der Waals surface area (Å²) in [4.78, 5) is 10.9. The molecule has 0 saturated heterocycles. The third-order valence-electron chi connectivity index (χ3n) is 2.07. The van der Waals surface area contributed by atoms with Crippen LogP contribution in [0, 0.1) is 12.7 Å². The summed E-state index contributed by atoms with van der Waals surface area (Å²) in [6, 6.07) is 1.91. The fourth-order valence-electron chi connectivity index (χ4n) is 1.24. The van der Waals surface area contributed by atoms with Gasteiger partial charge in [-0.2, -0.15) is 0 Å². The van der Waals surface area contributed by atoms with E-state index in [1.165, 1.54) is 6.92 Å². The molecule has 17 heavy (non-hydrogen) atoms. The minimum atomic E-state index is -4.10. The quantitative estimate of drug-likeness (QED) is 0.629. The Kier molecular flexibility index (Phi) is 4.11. The van der Waals surface area contributed by atoms with Gasteiger partial charge in [0.2, 0.25) is 0 Å². The largest absolute Gasteiger partial charge is 0.462 e. The van der Waals surface area contributed by atoms with Gasteiger partial charge in [-0.25, -0.2) is 17.6 Å². The molecule has 0 bridgehead atoms. The molecule has 1 aromatic carbocycles. The van der Waals surface area contributed by atoms with E-state index < -0.39 is 25.7 Å². The lowest BCUT2D eigenvalue weighted by atomic mass is 10.1. The Bertz CT molecular complexity index is 554. The maximum absolute atomic E-state index is 13.4. The molecule has 0 fully saturated rings. The molecule has 0 spiro atoms. The van der Waals surface area contributed by atoms with Crippen molar-refractivity contribution in [1.82, 2.24) is 0 Å². The van der Waals surface area contributed by atoms with E-state index in [0.717, 1.165) is 12.1 Å². The summed E-state index contributed by atoms with van der Waals surface area (Å²) in [5.74, 6) is -1.62. The Morgan fingerprint density at radius 2 is 2.06 bits per heavy atom. The molecule has 7 heteroatoms. The first-order valence-corrected chi connectivity index (χ1v) is 7.00. The van der Waals surface area contributed by atoms with E-state index in [4.69, 9.17) is 10.7 Å². The maximum atomic E-state index is 13.4. The Morgan fingerprint density at radius 3 is 2.53 bits per heavy atom. The Labute approximate surface area is 103 Å². The third-order valence-corrected chi connectivity index (χ3v) is 3.52. The van der Waals surface area contributed by atoms with Crippen molar-refractivity contribution in [1.29, 1.82) is 0 Å². The molecule has 0 N–H and O–H groups in total. The Balaban J connectivity index is 3.39. The SMILES string of the molecule is CCOC(=O)c1cc(F)c(C)c(S(=O)(=O)Cl)c1. The molecule has 4 nitrogen and oxygen atoms in total. The van der Waals surface area contributed by atoms with Crippen LogP contribution in [0.2, 0.25) is 0 Å². The summed E-state index contributed by atoms with van der Waals surface area (Å²) in [7, 11) is 1.04. The normalized spacial score (nSPS) is 11.3. The molecule has 0 atom stereocenters. The average molecular weight is 281 g/mol. The van der Waals surface area contributed by atoms with Crippen LogP contribution in [0.3, 0.4) is 0 Å². The minimum Gasteiger partial charge on any atom is -0.462 e. The van der Waals surface area contributed by atoms with Crippen molar-refractivity contribution in [3.63, 3.8) is 0 Å². The van der Waals surface area contributed by atoms with Crippen LogP contribution in [0.5, 0.6) is 0 Å². The predicted molar refractivity (Wildman–Crippen MR) is 60.1 cm³/mol. The summed E-state index contributed by atoms with van der Waals surface area (Å²) < 4.78 is 40.5. The van der Waals surface area contributed by atoms with Crippen molar-refractivity contribution in [2.24, 2.45) is 0 Å². The zero-order chi connectivity index (χ0) is 13.2. The molecule has 0 amide bonds. The van der Waals surface area contributed by atoms with Gasteiger partial charge in [0.25, 0.3) is 9.05 Å². The highest BCUT2D eigenvalue weighted by Gasteiger charge is 2.20. The zero-order valence-corrected chi connectivity index (χ0v) is 10.7. The predicted octanol–water partition coefficient (Wildman–Crippen LogP) is 2.24. The van der Waals surface area contributed by atoms with Gasteiger partial charge in [-0.3, -0.25) is 0 Å². The van der Waals surface area contributed by atoms with Gasteiger partial charge in [0.1, 0.15) is 5.82 Å². The number of carbonyl (C=O) groups is 1. The van der Waals surface area contributed by atoms with E-state index in [1.807, 2.05) is 0 Å². The van der Waals surface area contributed by atoms with Gasteiger partial charge in [-0.05, 0) is 26.0 Å². The van der Waals surface area contributed by atoms with Crippen molar-refractivity contribution < 1.29 is 22.3 Å². The molecule has 0 aliphatic rings. The van der Waals surface area contributed by atoms with Crippen LogP contribution in [0.15, 0.2) is 17.0 Å². The van der Waals surface area contributed by atoms with E-state index in [2.05, 4.69) is 4.74 Å². The van der Waals surface area contributed by atoms with Crippen molar-refractivity contribution in [2.75, 3.05) is 6.61 Å². The molecule has 0 radical (unpaired) electrons. The highest BCUT2D eigenvalue weighted by atomic mass is 35.7. The average Bonchev–Trinajstić information content (AvgIpc) is 2.20. The maximum Gasteiger partial charge on any atom is 0.338 e. The van der Waals surface area contributed by atoms with E-state index in [9.17, 15) is 17.6 Å². The van der Waals surface area contributed by atoms with Gasteiger partial charge in [-0.1, -0.05) is 0 Å². The lowest BCUT2D eigenvalue weighted by molar-refractivity contribution is 0.0525. The summed E-state index contributed by atoms with van der Waals surface area (Å²) in [5, 5.41) is 0. The first kappa shape index (κ1) is 13.9. The van der Waals surface area contributed by atoms with Gasteiger partial charge in [0, 0.05) is 16.2 Å². The number of hydrogen-bond donors (Lipinski definition) is 0. The first-order valence-electron chi connectivity index (χ1n) is 4.69. The standard InChI is InChI=1S/C10H10ClFO4S/c1-3-16-10(13)7-4-8(12)6(2)9(5-7)17(11,14)15/h4-5H,3H2,1-2H3. The van der Waals surface area contributed by atoms with Crippen molar-refractivity contribution in [3.8, 4) is 0 Å². The second-order valence-corrected chi connectivity index (χ2v) is 5.77. The smallest absolute Gasteiger partial charge is 0.338 e. The molecule has 0 saturated carbocycles. The van der Waals surface area contributed by atoms with Crippen LogP contribution in [0.1, 0.15) is 22.8 Å². The fourth-order valence-corrected chi connectivity index (χ4v) is 2.45. The van der Waals surface area contributed by atoms with Crippen molar-refractivity contribution in [2.45, 2.75) is 18.7 Å². The van der Waals surface area contributed by atoms with Crippen LogP contribution in [-0.4, -0.2) is 21.0 Å². The lowest BCUT2D eigenvalue weighted by Gasteiger charge is -2.07. The number of esters is 1. The number of carbonyl (C=O) groups excluding carboxylic acids is 1. The van der Waals surface area contributed by atoms with Gasteiger partial charge in [0.05, 0.1) is 17.1 Å². The van der Waals surface area contributed by atoms with Gasteiger partial charge in [0.15, 0.2) is 0 Å². The van der Waals surface area contributed by atoms with Crippen LogP contribution in [0.4, 0.5) is 4.39 Å². The highest BCUT2D eigenvalue weighted by molar-refractivity contribution is 8.13. The Morgan fingerprint density at radius 1 is 1.47 bits per heavy atom. The van der Waals surface area contributed by atoms with Crippen LogP contribution in [-0.2, 0) is 13.8 Å². The van der Waals surface area contributed by atoms with Crippen LogP contribution < -0.4 is 0 Å². The molecule has 1 aromatic rings. The molecule has 0 heterocycles. The lowest BCUT2D eigenvalue weighted by Crippen LogP contribution is -2.08. The number of ether oxygens (including phenoxy) is 1. The molecule has 0 aliphatic heterocycles. The fraction of sp³-hybridized carbons (Fsp3) is 0.300. The van der Waals surface area contributed by atoms with Crippen molar-refractivity contribution >= 4 is 25.7 Å². The number of benzene rings is 1. The first-order chi connectivity index (χ1) is 7.77. The van der Waals surface area contributed by atoms with E-state index in [0.29, 0.717) is 0 Å². The van der Waals surface area contributed by atoms with E-state index >= 15 is 0 Å². The topological polar surface area (TPSA) is 60.4 Å². The molecule has 1 rings (SSSR count). The molecular weight excluding hydrogens is 271 g/mol. The van der Waals surface area contributed by atoms with Crippen LogP contribution in [0.25, 0.3) is 0 Å². The number of halogens is 2. The van der Waals surface area contributed by atoms with Gasteiger partial charge < -0.3 is 4.74 Å². The second kappa shape index (κ2) is 5.01. The highest BCUT2D eigenvalue weighted by Crippen LogP contribution is 2.24. The number of hydrogen-bond acceptors (Lipinski definition) is 4. The summed E-state index contributed by atoms with van der Waals surface area (Å²) in [5.41, 5.74) is -0.317. The third kappa shape index (κ3) is 3.17. The molecule has 0 aliphatic carbocycles. The summed E-state index contributed by atoms with van der Waals surface area (Å²) in [6.45, 7) is 2.96. The van der Waals surface area contributed by atoms with Crippen LogP contribution >= 0.6 is 10.7 Å². The molecular formula is C10H10ClFO4S. The zero-order valence-electron chi connectivity index (χ0n) is 9.16. The number of rotatable bonds is 3. The Hall–Kier alpha value is -1.14. The molecule has 94 valence electrons. The van der Waals surface area contributed by atoms with Gasteiger partial charge >= 0.3 is 5.97 Å². The van der Waals surface area contributed by atoms with Crippen molar-refractivity contribution in [3.05, 3.63) is 29.1 Å². The summed E-state index contributed by atoms with van der Waals surface area (Å²) in [6.07, 6.45) is 0. The van der Waals surface area contributed by atoms with E-state index in [-0.39, 0.29) is 17.7 Å².